The quantitative estimate of drug-likeness (QED) is 0.249. The van der Waals surface area contributed by atoms with E-state index in [1.807, 2.05) is 4.90 Å². The van der Waals surface area contributed by atoms with Gasteiger partial charge < -0.3 is 19.7 Å². The molecule has 1 atom stereocenters. The minimum absolute atomic E-state index is 0.0423. The van der Waals surface area contributed by atoms with E-state index in [0.717, 1.165) is 25.7 Å². The summed E-state index contributed by atoms with van der Waals surface area (Å²) in [6.07, 6.45) is 5.32. The molecule has 36 heavy (non-hydrogen) atoms. The lowest BCUT2D eigenvalue weighted by Gasteiger charge is -2.24. The topological polar surface area (TPSA) is 88.2 Å². The molecule has 1 N–H and O–H groups in total. The Morgan fingerprint density at radius 2 is 1.64 bits per heavy atom. The molecule has 0 aromatic heterocycles. The predicted molar refractivity (Wildman–Crippen MR) is 143 cm³/mol. The van der Waals surface area contributed by atoms with E-state index in [1.54, 1.807) is 55.6 Å². The van der Waals surface area contributed by atoms with Crippen LogP contribution in [-0.2, 0) is 14.3 Å². The van der Waals surface area contributed by atoms with Crippen LogP contribution in [0.2, 0.25) is 0 Å². The van der Waals surface area contributed by atoms with Gasteiger partial charge in [-0.2, -0.15) is 0 Å². The number of ether oxygens (including phenoxy) is 2. The highest BCUT2D eigenvalue weighted by molar-refractivity contribution is 7.80. The molecule has 1 fully saturated rings. The van der Waals surface area contributed by atoms with Crippen LogP contribution < -0.4 is 15.0 Å². The van der Waals surface area contributed by atoms with E-state index in [-0.39, 0.29) is 18.2 Å². The van der Waals surface area contributed by atoms with E-state index in [9.17, 15) is 14.4 Å². The van der Waals surface area contributed by atoms with E-state index >= 15 is 0 Å². The zero-order valence-electron chi connectivity index (χ0n) is 21.0. The van der Waals surface area contributed by atoms with Gasteiger partial charge in [0, 0.05) is 12.2 Å². The van der Waals surface area contributed by atoms with Crippen LogP contribution in [0.4, 0.5) is 11.4 Å². The Labute approximate surface area is 217 Å². The molecule has 8 nitrogen and oxygen atoms in total. The number of amides is 2. The second kappa shape index (κ2) is 13.0. The number of methoxy groups -OCH3 is 2. The molecule has 1 unspecified atom stereocenters. The first-order valence-electron chi connectivity index (χ1n) is 12.2. The van der Waals surface area contributed by atoms with Crippen molar-refractivity contribution in [1.29, 1.82) is 0 Å². The van der Waals surface area contributed by atoms with Gasteiger partial charge in [-0.3, -0.25) is 14.5 Å². The van der Waals surface area contributed by atoms with Gasteiger partial charge in [-0.15, -0.1) is 0 Å². The molecule has 2 aromatic rings. The lowest BCUT2D eigenvalue weighted by Crippen LogP contribution is -2.38. The fourth-order valence-corrected chi connectivity index (χ4v) is 4.55. The van der Waals surface area contributed by atoms with Gasteiger partial charge in [-0.25, -0.2) is 4.79 Å². The number of anilines is 2. The molecule has 2 aromatic carbocycles. The van der Waals surface area contributed by atoms with Crippen LogP contribution in [0, 0.1) is 0 Å². The van der Waals surface area contributed by atoms with E-state index in [1.165, 1.54) is 18.4 Å². The van der Waals surface area contributed by atoms with Crippen molar-refractivity contribution in [3.63, 3.8) is 0 Å². The maximum absolute atomic E-state index is 13.5. The maximum atomic E-state index is 13.5. The zero-order chi connectivity index (χ0) is 26.1. The number of hydrogen-bond acceptors (Lipinski definition) is 6. The lowest BCUT2D eigenvalue weighted by molar-refractivity contribution is -0.124. The van der Waals surface area contributed by atoms with Crippen LogP contribution >= 0.6 is 12.2 Å². The molecule has 1 heterocycles. The number of esters is 1. The number of rotatable bonds is 12. The molecule has 0 bridgehead atoms. The molecule has 1 aliphatic rings. The van der Waals surface area contributed by atoms with Crippen LogP contribution in [-0.4, -0.2) is 54.6 Å². The molecule has 0 aliphatic carbocycles. The van der Waals surface area contributed by atoms with E-state index in [0.29, 0.717) is 34.3 Å². The van der Waals surface area contributed by atoms with Crippen molar-refractivity contribution >= 4 is 46.5 Å². The van der Waals surface area contributed by atoms with E-state index in [4.69, 9.17) is 21.7 Å². The Kier molecular flexibility index (Phi) is 9.81. The summed E-state index contributed by atoms with van der Waals surface area (Å²) in [5.41, 5.74) is 1.55. The standard InChI is InChI=1S/C27H33N3O5S/c1-4-5-6-7-8-17-29-23(18-24(31)28-20-11-9-19(10-12-20)26(33)35-3)25(32)30(27(29)36)21-13-15-22(34-2)16-14-21/h9-16,23H,4-8,17-18H2,1-3H3,(H,28,31). The van der Waals surface area contributed by atoms with E-state index < -0.39 is 12.0 Å². The average Bonchev–Trinajstić information content (AvgIpc) is 3.12. The van der Waals surface area contributed by atoms with Crippen molar-refractivity contribution in [2.24, 2.45) is 0 Å². The monoisotopic (exact) mass is 511 g/mol. The normalized spacial score (nSPS) is 15.2. The Hall–Kier alpha value is -3.46. The number of benzene rings is 2. The third-order valence-electron chi connectivity index (χ3n) is 6.12. The molecular weight excluding hydrogens is 478 g/mol. The zero-order valence-corrected chi connectivity index (χ0v) is 21.8. The number of thiocarbonyl (C=S) groups is 1. The van der Waals surface area contributed by atoms with Crippen LogP contribution in [0.5, 0.6) is 5.75 Å². The van der Waals surface area contributed by atoms with Gasteiger partial charge in [0.1, 0.15) is 11.8 Å². The van der Waals surface area contributed by atoms with Gasteiger partial charge in [0.05, 0.1) is 31.9 Å². The highest BCUT2D eigenvalue weighted by atomic mass is 32.1. The molecule has 1 aliphatic heterocycles. The van der Waals surface area contributed by atoms with Crippen molar-refractivity contribution in [2.45, 2.75) is 51.5 Å². The Morgan fingerprint density at radius 1 is 0.972 bits per heavy atom. The maximum Gasteiger partial charge on any atom is 0.337 e. The molecule has 2 amide bonds. The van der Waals surface area contributed by atoms with Crippen molar-refractivity contribution in [2.75, 3.05) is 31.0 Å². The number of nitrogens with zero attached hydrogens (tertiary/aromatic N) is 2. The van der Waals surface area contributed by atoms with Crippen LogP contribution in [0.15, 0.2) is 48.5 Å². The van der Waals surface area contributed by atoms with Gasteiger partial charge in [0.2, 0.25) is 5.91 Å². The van der Waals surface area contributed by atoms with Gasteiger partial charge in [0.25, 0.3) is 5.91 Å². The number of carbonyl (C=O) groups excluding carboxylic acids is 3. The molecule has 3 rings (SSSR count). The smallest absolute Gasteiger partial charge is 0.337 e. The molecular formula is C27H33N3O5S. The van der Waals surface area contributed by atoms with Crippen LogP contribution in [0.25, 0.3) is 0 Å². The van der Waals surface area contributed by atoms with Crippen molar-refractivity contribution in [3.8, 4) is 5.75 Å². The second-order valence-electron chi connectivity index (χ2n) is 8.60. The first kappa shape index (κ1) is 27.1. The molecule has 0 radical (unpaired) electrons. The SMILES string of the molecule is CCCCCCCN1C(=S)N(c2ccc(OC)cc2)C(=O)C1CC(=O)Nc1ccc(C(=O)OC)cc1. The second-order valence-corrected chi connectivity index (χ2v) is 8.96. The highest BCUT2D eigenvalue weighted by Crippen LogP contribution is 2.29. The lowest BCUT2D eigenvalue weighted by atomic mass is 10.1. The third kappa shape index (κ3) is 6.60. The summed E-state index contributed by atoms with van der Waals surface area (Å²) in [5.74, 6) is -0.311. The highest BCUT2D eigenvalue weighted by Gasteiger charge is 2.43. The first-order valence-corrected chi connectivity index (χ1v) is 12.6. The minimum atomic E-state index is -0.694. The summed E-state index contributed by atoms with van der Waals surface area (Å²) in [7, 11) is 2.89. The molecule has 0 spiro atoms. The van der Waals surface area contributed by atoms with Crippen LogP contribution in [0.3, 0.4) is 0 Å². The number of unbranched alkanes of at least 4 members (excludes halogenated alkanes) is 4. The Balaban J connectivity index is 1.74. The van der Waals surface area contributed by atoms with Gasteiger partial charge in [-0.05, 0) is 67.2 Å². The third-order valence-corrected chi connectivity index (χ3v) is 6.54. The summed E-state index contributed by atoms with van der Waals surface area (Å²) < 4.78 is 9.92. The average molecular weight is 512 g/mol. The summed E-state index contributed by atoms with van der Waals surface area (Å²) in [6, 6.07) is 12.8. The summed E-state index contributed by atoms with van der Waals surface area (Å²) >= 11 is 5.72. The van der Waals surface area contributed by atoms with Crippen molar-refractivity contribution in [3.05, 3.63) is 54.1 Å². The summed E-state index contributed by atoms with van der Waals surface area (Å²) in [6.45, 7) is 2.77. The Bertz CT molecular complexity index is 1070. The first-order chi connectivity index (χ1) is 17.4. The fourth-order valence-electron chi connectivity index (χ4n) is 4.14. The molecule has 1 saturated heterocycles. The summed E-state index contributed by atoms with van der Waals surface area (Å²) in [5, 5.41) is 3.22. The van der Waals surface area contributed by atoms with Gasteiger partial charge in [-0.1, -0.05) is 32.6 Å². The largest absolute Gasteiger partial charge is 0.497 e. The molecule has 0 saturated carbocycles. The predicted octanol–water partition coefficient (Wildman–Crippen LogP) is 4.78. The molecule has 9 heteroatoms. The number of carbonyl (C=O) groups is 3. The van der Waals surface area contributed by atoms with Gasteiger partial charge >= 0.3 is 5.97 Å². The summed E-state index contributed by atoms with van der Waals surface area (Å²) in [4.78, 5) is 41.4. The van der Waals surface area contributed by atoms with E-state index in [2.05, 4.69) is 12.2 Å². The van der Waals surface area contributed by atoms with Crippen LogP contribution in [0.1, 0.15) is 55.8 Å². The minimum Gasteiger partial charge on any atom is -0.497 e. The van der Waals surface area contributed by atoms with Crippen molar-refractivity contribution < 1.29 is 23.9 Å². The van der Waals surface area contributed by atoms with Gasteiger partial charge in [0.15, 0.2) is 5.11 Å². The van der Waals surface area contributed by atoms with Crippen molar-refractivity contribution in [1.82, 2.24) is 4.90 Å². The molecule has 192 valence electrons. The fraction of sp³-hybridized carbons (Fsp3) is 0.407. The Morgan fingerprint density at radius 3 is 2.25 bits per heavy atom. The number of hydrogen-bond donors (Lipinski definition) is 1. The number of nitrogens with one attached hydrogen (secondary N) is 1.